The van der Waals surface area contributed by atoms with Crippen LogP contribution < -0.4 is 0 Å². The van der Waals surface area contributed by atoms with Crippen LogP contribution in [0.3, 0.4) is 0 Å². The number of rotatable bonds is 2. The van der Waals surface area contributed by atoms with Gasteiger partial charge >= 0.3 is 0 Å². The Balaban J connectivity index is 2.49. The maximum Gasteiger partial charge on any atom is 0.222 e. The second kappa shape index (κ2) is 4.61. The van der Waals surface area contributed by atoms with E-state index in [-0.39, 0.29) is 17.9 Å². The van der Waals surface area contributed by atoms with E-state index in [4.69, 9.17) is 0 Å². The summed E-state index contributed by atoms with van der Waals surface area (Å²) in [5.41, 5.74) is 0. The second-order valence-electron chi connectivity index (χ2n) is 3.72. The zero-order valence-electron chi connectivity index (χ0n) is 8.49. The van der Waals surface area contributed by atoms with Crippen LogP contribution in [0, 0.1) is 5.92 Å². The lowest BCUT2D eigenvalue weighted by Crippen LogP contribution is -2.45. The molecule has 1 aliphatic rings. The van der Waals surface area contributed by atoms with Crippen LogP contribution in [-0.4, -0.2) is 35.1 Å². The van der Waals surface area contributed by atoms with Gasteiger partial charge < -0.3 is 10.0 Å². The quantitative estimate of drug-likeness (QED) is 0.697. The van der Waals surface area contributed by atoms with Crippen LogP contribution in [0.25, 0.3) is 0 Å². The highest BCUT2D eigenvalue weighted by Crippen LogP contribution is 2.20. The molecule has 0 aliphatic carbocycles. The summed E-state index contributed by atoms with van der Waals surface area (Å²) in [5, 5.41) is 9.60. The van der Waals surface area contributed by atoms with Crippen molar-refractivity contribution < 1.29 is 9.90 Å². The number of aliphatic hydroxyl groups excluding tert-OH is 1. The van der Waals surface area contributed by atoms with E-state index in [2.05, 4.69) is 6.92 Å². The van der Waals surface area contributed by atoms with Gasteiger partial charge in [-0.3, -0.25) is 4.79 Å². The lowest BCUT2D eigenvalue weighted by Gasteiger charge is -2.35. The van der Waals surface area contributed by atoms with Gasteiger partial charge in [-0.2, -0.15) is 0 Å². The van der Waals surface area contributed by atoms with E-state index in [9.17, 15) is 9.90 Å². The summed E-state index contributed by atoms with van der Waals surface area (Å²) in [4.78, 5) is 13.3. The van der Waals surface area contributed by atoms with Gasteiger partial charge in [-0.15, -0.1) is 0 Å². The fourth-order valence-electron chi connectivity index (χ4n) is 1.87. The first kappa shape index (κ1) is 10.5. The normalized spacial score (nSPS) is 29.0. The van der Waals surface area contributed by atoms with Gasteiger partial charge in [0.2, 0.25) is 5.91 Å². The van der Waals surface area contributed by atoms with E-state index < -0.39 is 0 Å². The Morgan fingerprint density at radius 3 is 2.77 bits per heavy atom. The largest absolute Gasteiger partial charge is 0.393 e. The Morgan fingerprint density at radius 1 is 1.54 bits per heavy atom. The maximum absolute atomic E-state index is 11.4. The van der Waals surface area contributed by atoms with Crippen LogP contribution in [0.2, 0.25) is 0 Å². The summed E-state index contributed by atoms with van der Waals surface area (Å²) in [6.45, 7) is 5.41. The lowest BCUT2D eigenvalue weighted by atomic mass is 9.92. The molecular weight excluding hydrogens is 166 g/mol. The van der Waals surface area contributed by atoms with Gasteiger partial charge in [-0.1, -0.05) is 13.8 Å². The van der Waals surface area contributed by atoms with E-state index in [0.29, 0.717) is 6.42 Å². The first-order chi connectivity index (χ1) is 6.19. The highest BCUT2D eigenvalue weighted by atomic mass is 16.3. The molecule has 1 heterocycles. The number of hydrogen-bond donors (Lipinski definition) is 1. The molecule has 0 spiro atoms. The lowest BCUT2D eigenvalue weighted by molar-refractivity contribution is -0.134. The average Bonchev–Trinajstić information content (AvgIpc) is 2.17. The van der Waals surface area contributed by atoms with Crippen molar-refractivity contribution in [2.45, 2.75) is 39.2 Å². The van der Waals surface area contributed by atoms with Crippen LogP contribution in [0.15, 0.2) is 0 Å². The van der Waals surface area contributed by atoms with Crippen molar-refractivity contribution in [1.29, 1.82) is 0 Å². The van der Waals surface area contributed by atoms with Gasteiger partial charge in [0.1, 0.15) is 0 Å². The highest BCUT2D eigenvalue weighted by molar-refractivity contribution is 5.75. The fraction of sp³-hybridized carbons (Fsp3) is 0.900. The first-order valence-corrected chi connectivity index (χ1v) is 5.14. The number of hydrogen-bond acceptors (Lipinski definition) is 2. The van der Waals surface area contributed by atoms with Crippen molar-refractivity contribution in [3.8, 4) is 0 Å². The first-order valence-electron chi connectivity index (χ1n) is 5.14. The van der Waals surface area contributed by atoms with Crippen molar-refractivity contribution in [1.82, 2.24) is 4.90 Å². The van der Waals surface area contributed by atoms with Crippen LogP contribution >= 0.6 is 0 Å². The maximum atomic E-state index is 11.4. The van der Waals surface area contributed by atoms with Gasteiger partial charge in [0.15, 0.2) is 0 Å². The van der Waals surface area contributed by atoms with Crippen LogP contribution in [0.1, 0.15) is 33.1 Å². The van der Waals surface area contributed by atoms with E-state index in [0.717, 1.165) is 25.9 Å². The zero-order chi connectivity index (χ0) is 9.84. The summed E-state index contributed by atoms with van der Waals surface area (Å²) in [5.74, 6) is 0.495. The number of likely N-dealkylation sites (tertiary alicyclic amines) is 1. The van der Waals surface area contributed by atoms with Crippen LogP contribution in [0.5, 0.6) is 0 Å². The van der Waals surface area contributed by atoms with Crippen LogP contribution in [0.4, 0.5) is 0 Å². The molecular formula is C10H19NO2. The third-order valence-electron chi connectivity index (χ3n) is 2.87. The summed E-state index contributed by atoms with van der Waals surface area (Å²) < 4.78 is 0. The summed E-state index contributed by atoms with van der Waals surface area (Å²) >= 11 is 0. The summed E-state index contributed by atoms with van der Waals surface area (Å²) in [6.07, 6.45) is 2.07. The smallest absolute Gasteiger partial charge is 0.222 e. The molecule has 1 aliphatic heterocycles. The van der Waals surface area contributed by atoms with E-state index in [1.807, 2.05) is 11.8 Å². The fourth-order valence-corrected chi connectivity index (χ4v) is 1.87. The number of piperidine rings is 1. The molecule has 1 fully saturated rings. The second-order valence-corrected chi connectivity index (χ2v) is 3.72. The molecule has 76 valence electrons. The molecule has 1 rings (SSSR count). The number of carbonyl (C=O) groups is 1. The van der Waals surface area contributed by atoms with Gasteiger partial charge in [0.25, 0.3) is 0 Å². The molecule has 0 saturated carbocycles. The summed E-state index contributed by atoms with van der Waals surface area (Å²) in [6, 6.07) is 0. The van der Waals surface area contributed by atoms with Gasteiger partial charge in [0.05, 0.1) is 6.10 Å². The number of carbonyl (C=O) groups excluding carboxylic acids is 1. The predicted molar refractivity (Wildman–Crippen MR) is 51.3 cm³/mol. The molecule has 3 heteroatoms. The monoisotopic (exact) mass is 185 g/mol. The number of aliphatic hydroxyl groups is 1. The Kier molecular flexibility index (Phi) is 3.72. The molecule has 1 saturated heterocycles. The number of amides is 1. The Hall–Kier alpha value is -0.570. The Bertz CT molecular complexity index is 182. The zero-order valence-corrected chi connectivity index (χ0v) is 8.49. The molecule has 0 aromatic rings. The molecule has 3 nitrogen and oxygen atoms in total. The minimum atomic E-state index is -0.203. The SMILES string of the molecule is CCC(=O)N1CCC(O)C(CC)C1. The molecule has 0 aromatic carbocycles. The number of nitrogens with zero attached hydrogens (tertiary/aromatic N) is 1. The summed E-state index contributed by atoms with van der Waals surface area (Å²) in [7, 11) is 0. The standard InChI is InChI=1S/C10H19NO2/c1-3-8-7-11(10(13)4-2)6-5-9(8)12/h8-9,12H,3-7H2,1-2H3. The van der Waals surface area contributed by atoms with Crippen molar-refractivity contribution >= 4 is 5.91 Å². The molecule has 0 aromatic heterocycles. The average molecular weight is 185 g/mol. The highest BCUT2D eigenvalue weighted by Gasteiger charge is 2.27. The third kappa shape index (κ3) is 2.44. The van der Waals surface area contributed by atoms with Crippen LogP contribution in [-0.2, 0) is 4.79 Å². The molecule has 1 N–H and O–H groups in total. The van der Waals surface area contributed by atoms with E-state index in [1.165, 1.54) is 0 Å². The Labute approximate surface area is 79.7 Å². The minimum absolute atomic E-state index is 0.203. The molecule has 2 atom stereocenters. The molecule has 2 unspecified atom stereocenters. The molecule has 0 bridgehead atoms. The minimum Gasteiger partial charge on any atom is -0.393 e. The van der Waals surface area contributed by atoms with Gasteiger partial charge in [-0.25, -0.2) is 0 Å². The van der Waals surface area contributed by atoms with Gasteiger partial charge in [0, 0.05) is 25.4 Å². The van der Waals surface area contributed by atoms with Gasteiger partial charge in [-0.05, 0) is 12.8 Å². The van der Waals surface area contributed by atoms with Crippen molar-refractivity contribution in [2.75, 3.05) is 13.1 Å². The van der Waals surface area contributed by atoms with Crippen molar-refractivity contribution in [3.63, 3.8) is 0 Å². The topological polar surface area (TPSA) is 40.5 Å². The molecule has 1 amide bonds. The van der Waals surface area contributed by atoms with E-state index >= 15 is 0 Å². The van der Waals surface area contributed by atoms with Crippen molar-refractivity contribution in [2.24, 2.45) is 5.92 Å². The predicted octanol–water partition coefficient (Wildman–Crippen LogP) is 1.02. The molecule has 0 radical (unpaired) electrons. The van der Waals surface area contributed by atoms with E-state index in [1.54, 1.807) is 0 Å². The molecule has 13 heavy (non-hydrogen) atoms. The Morgan fingerprint density at radius 2 is 2.23 bits per heavy atom. The third-order valence-corrected chi connectivity index (χ3v) is 2.87. The van der Waals surface area contributed by atoms with Crippen molar-refractivity contribution in [3.05, 3.63) is 0 Å².